The van der Waals surface area contributed by atoms with Crippen LogP contribution in [-0.4, -0.2) is 21.1 Å². The maximum Gasteiger partial charge on any atom is 0.255 e. The average molecular weight is 435 g/mol. The first-order valence-corrected chi connectivity index (χ1v) is 10.8. The summed E-state index contributed by atoms with van der Waals surface area (Å²) >= 11 is 0. The van der Waals surface area contributed by atoms with Crippen molar-refractivity contribution in [3.8, 4) is 22.6 Å². The summed E-state index contributed by atoms with van der Waals surface area (Å²) in [4.78, 5) is 17.0. The zero-order valence-electron chi connectivity index (χ0n) is 18.9. The van der Waals surface area contributed by atoms with Crippen molar-refractivity contribution in [3.63, 3.8) is 0 Å². The van der Waals surface area contributed by atoms with E-state index in [9.17, 15) is 15.0 Å². The van der Waals surface area contributed by atoms with E-state index in [1.54, 1.807) is 6.07 Å². The molecule has 3 aromatic rings. The number of unbranched alkanes of at least 4 members (excludes halogenated alkanes) is 2. The van der Waals surface area contributed by atoms with Crippen LogP contribution in [0.3, 0.4) is 0 Å². The van der Waals surface area contributed by atoms with Gasteiger partial charge in [0.2, 0.25) is 0 Å². The molecule has 0 aliphatic rings. The third-order valence-corrected chi connectivity index (χ3v) is 5.45. The van der Waals surface area contributed by atoms with Gasteiger partial charge in [0, 0.05) is 0 Å². The Hall–Kier alpha value is -3.54. The van der Waals surface area contributed by atoms with Crippen LogP contribution in [0.5, 0.6) is 11.5 Å². The molecular formula is C26H30N2O4. The second-order valence-electron chi connectivity index (χ2n) is 8.09. The molecule has 32 heavy (non-hydrogen) atoms. The molecule has 1 heterocycles. The fraction of sp³-hybridized carbons (Fsp3) is 0.308. The largest absolute Gasteiger partial charge is 0.507 e. The number of phenols is 2. The van der Waals surface area contributed by atoms with Gasteiger partial charge in [-0.2, -0.15) is 0 Å². The summed E-state index contributed by atoms with van der Waals surface area (Å²) in [6.07, 6.45) is 6.25. The first kappa shape index (κ1) is 23.1. The maximum absolute atomic E-state index is 13.2. The molecule has 0 aliphatic heterocycles. The summed E-state index contributed by atoms with van der Waals surface area (Å²) in [7, 11) is 0. The molecular weight excluding hydrogens is 404 g/mol. The smallest absolute Gasteiger partial charge is 0.255 e. The first-order valence-electron chi connectivity index (χ1n) is 10.8. The molecule has 1 amide bonds. The van der Waals surface area contributed by atoms with Crippen molar-refractivity contribution in [3.05, 3.63) is 71.4 Å². The molecule has 168 valence electrons. The number of benzene rings is 2. The maximum atomic E-state index is 13.2. The van der Waals surface area contributed by atoms with Crippen LogP contribution in [0.25, 0.3) is 16.7 Å². The molecule has 0 fully saturated rings. The number of amides is 1. The highest BCUT2D eigenvalue weighted by atomic mass is 16.3. The van der Waals surface area contributed by atoms with E-state index in [0.29, 0.717) is 23.3 Å². The summed E-state index contributed by atoms with van der Waals surface area (Å²) in [5.41, 5.74) is 4.20. The normalized spacial score (nSPS) is 10.8. The number of rotatable bonds is 9. The summed E-state index contributed by atoms with van der Waals surface area (Å²) in [5, 5.41) is 25.0. The number of nitrogens with one attached hydrogen (secondary N) is 1. The van der Waals surface area contributed by atoms with Crippen LogP contribution in [0.1, 0.15) is 65.9 Å². The first-order chi connectivity index (χ1) is 15.3. The van der Waals surface area contributed by atoms with Gasteiger partial charge in [0.05, 0.1) is 23.9 Å². The highest BCUT2D eigenvalue weighted by Gasteiger charge is 2.25. The Balaban J connectivity index is 2.12. The molecule has 0 aliphatic carbocycles. The minimum absolute atomic E-state index is 0.0612. The van der Waals surface area contributed by atoms with Crippen molar-refractivity contribution in [2.24, 2.45) is 0 Å². The lowest BCUT2D eigenvalue weighted by Gasteiger charge is -2.19. The van der Waals surface area contributed by atoms with E-state index in [2.05, 4.69) is 23.8 Å². The zero-order valence-corrected chi connectivity index (χ0v) is 18.9. The van der Waals surface area contributed by atoms with E-state index in [4.69, 9.17) is 4.42 Å². The van der Waals surface area contributed by atoms with Gasteiger partial charge >= 0.3 is 0 Å². The fourth-order valence-corrected chi connectivity index (χ4v) is 3.81. The number of carbonyl (C=O) groups is 1. The standard InChI is InChI=1S/C26H30N2O4/c1-5-6-7-8-18-12-22(29)24(21-11-17(4)9-10-20(21)16(2)3)25(30)23(18)26(31)28-14-19-13-27-15-32-19/h9-13,15,29-30H,2,5-8,14H2,1,3-4H3,(H,28,31). The molecule has 0 unspecified atom stereocenters. The van der Waals surface area contributed by atoms with Gasteiger partial charge in [0.1, 0.15) is 17.3 Å². The number of aromatic nitrogens is 1. The molecule has 0 saturated heterocycles. The Morgan fingerprint density at radius 1 is 1.22 bits per heavy atom. The summed E-state index contributed by atoms with van der Waals surface area (Å²) < 4.78 is 5.19. The van der Waals surface area contributed by atoms with Gasteiger partial charge < -0.3 is 19.9 Å². The highest BCUT2D eigenvalue weighted by molar-refractivity contribution is 6.02. The molecule has 0 atom stereocenters. The van der Waals surface area contributed by atoms with E-state index < -0.39 is 5.91 Å². The lowest BCUT2D eigenvalue weighted by molar-refractivity contribution is 0.0944. The lowest BCUT2D eigenvalue weighted by Crippen LogP contribution is -2.24. The van der Waals surface area contributed by atoms with E-state index in [1.807, 2.05) is 32.0 Å². The molecule has 1 aromatic heterocycles. The van der Waals surface area contributed by atoms with Crippen molar-refractivity contribution < 1.29 is 19.4 Å². The summed E-state index contributed by atoms with van der Waals surface area (Å²) in [6.45, 7) is 10.1. The Morgan fingerprint density at radius 2 is 2.00 bits per heavy atom. The van der Waals surface area contributed by atoms with E-state index in [-0.39, 0.29) is 29.2 Å². The number of hydrogen-bond acceptors (Lipinski definition) is 5. The van der Waals surface area contributed by atoms with Crippen molar-refractivity contribution in [2.45, 2.75) is 53.0 Å². The number of oxazole rings is 1. The Kier molecular flexibility index (Phi) is 7.36. The molecule has 6 heteroatoms. The van der Waals surface area contributed by atoms with Crippen LogP contribution < -0.4 is 5.32 Å². The number of aryl methyl sites for hydroxylation is 2. The van der Waals surface area contributed by atoms with E-state index in [1.165, 1.54) is 12.6 Å². The van der Waals surface area contributed by atoms with Gasteiger partial charge in [-0.05, 0) is 49.4 Å². The quantitative estimate of drug-likeness (QED) is 0.372. The van der Waals surface area contributed by atoms with Crippen molar-refractivity contribution in [1.29, 1.82) is 0 Å². The fourth-order valence-electron chi connectivity index (χ4n) is 3.81. The van der Waals surface area contributed by atoms with Crippen molar-refractivity contribution in [2.75, 3.05) is 0 Å². The summed E-state index contributed by atoms with van der Waals surface area (Å²) in [6, 6.07) is 7.33. The van der Waals surface area contributed by atoms with E-state index in [0.717, 1.165) is 36.0 Å². The molecule has 3 N–H and O–H groups in total. The van der Waals surface area contributed by atoms with Crippen molar-refractivity contribution >= 4 is 11.5 Å². The molecule has 0 spiro atoms. The Labute approximate surface area is 188 Å². The van der Waals surface area contributed by atoms with Gasteiger partial charge in [-0.3, -0.25) is 4.79 Å². The van der Waals surface area contributed by atoms with Crippen molar-refractivity contribution in [1.82, 2.24) is 10.3 Å². The Bertz CT molecular complexity index is 1120. The monoisotopic (exact) mass is 434 g/mol. The molecule has 6 nitrogen and oxygen atoms in total. The zero-order chi connectivity index (χ0) is 23.3. The van der Waals surface area contributed by atoms with Crippen LogP contribution in [0.4, 0.5) is 0 Å². The van der Waals surface area contributed by atoms with Gasteiger partial charge in [-0.1, -0.05) is 55.7 Å². The second-order valence-corrected chi connectivity index (χ2v) is 8.09. The number of carbonyl (C=O) groups excluding carboxylic acids is 1. The Morgan fingerprint density at radius 3 is 2.66 bits per heavy atom. The topological polar surface area (TPSA) is 95.6 Å². The predicted octanol–water partition coefficient (Wildman–Crippen LogP) is 5.76. The summed E-state index contributed by atoms with van der Waals surface area (Å²) in [5.74, 6) is -0.225. The predicted molar refractivity (Wildman–Crippen MR) is 126 cm³/mol. The lowest BCUT2D eigenvalue weighted by atomic mass is 9.89. The second kappa shape index (κ2) is 10.2. The van der Waals surface area contributed by atoms with Gasteiger partial charge in [-0.15, -0.1) is 0 Å². The minimum Gasteiger partial charge on any atom is -0.507 e. The van der Waals surface area contributed by atoms with Gasteiger partial charge in [0.25, 0.3) is 5.91 Å². The molecule has 0 bridgehead atoms. The number of allylic oxidation sites excluding steroid dienone is 1. The SMILES string of the molecule is C=C(C)c1ccc(C)cc1-c1c(O)cc(CCCCC)c(C(=O)NCc2cnco2)c1O. The number of hydrogen-bond donors (Lipinski definition) is 3. The van der Waals surface area contributed by atoms with Gasteiger partial charge in [-0.25, -0.2) is 4.98 Å². The van der Waals surface area contributed by atoms with Crippen LogP contribution in [-0.2, 0) is 13.0 Å². The van der Waals surface area contributed by atoms with E-state index >= 15 is 0 Å². The molecule has 3 rings (SSSR count). The van der Waals surface area contributed by atoms with Crippen LogP contribution in [0.15, 0.2) is 47.9 Å². The van der Waals surface area contributed by atoms with Crippen LogP contribution in [0, 0.1) is 6.92 Å². The van der Waals surface area contributed by atoms with Crippen LogP contribution >= 0.6 is 0 Å². The average Bonchev–Trinajstić information content (AvgIpc) is 3.25. The molecule has 0 radical (unpaired) electrons. The number of nitrogens with zero attached hydrogens (tertiary/aromatic N) is 1. The van der Waals surface area contributed by atoms with Gasteiger partial charge in [0.15, 0.2) is 6.39 Å². The number of aromatic hydroxyl groups is 2. The minimum atomic E-state index is -0.434. The highest BCUT2D eigenvalue weighted by Crippen LogP contribution is 2.44. The molecule has 0 saturated carbocycles. The third kappa shape index (κ3) is 5.02. The third-order valence-electron chi connectivity index (χ3n) is 5.45. The number of phenolic OH excluding ortho intramolecular Hbond substituents is 2. The molecule has 2 aromatic carbocycles. The van der Waals surface area contributed by atoms with Crippen LogP contribution in [0.2, 0.25) is 0 Å².